The molecular formula is C9H13NO2S. The molecule has 0 radical (unpaired) electrons. The average Bonchev–Trinajstić information content (AvgIpc) is 2.04. The molecule has 0 fully saturated rings. The van der Waals surface area contributed by atoms with E-state index in [1.54, 1.807) is 24.3 Å². The molecule has 2 N–H and O–H groups in total. The summed E-state index contributed by atoms with van der Waals surface area (Å²) in [5.74, 6) is 0.154. The van der Waals surface area contributed by atoms with Crippen LogP contribution in [0.25, 0.3) is 0 Å². The number of hydrogen-bond acceptors (Lipinski definition) is 3. The van der Waals surface area contributed by atoms with Crippen molar-refractivity contribution in [3.05, 3.63) is 24.3 Å². The molecule has 0 spiro atoms. The van der Waals surface area contributed by atoms with Crippen molar-refractivity contribution in [1.29, 1.82) is 0 Å². The van der Waals surface area contributed by atoms with Crippen molar-refractivity contribution in [3.63, 3.8) is 0 Å². The topological polar surface area (TPSA) is 60.2 Å². The van der Waals surface area contributed by atoms with Crippen LogP contribution in [0.15, 0.2) is 29.2 Å². The fourth-order valence-corrected chi connectivity index (χ4v) is 2.61. The zero-order chi connectivity index (χ0) is 9.90. The van der Waals surface area contributed by atoms with Gasteiger partial charge in [-0.3, -0.25) is 0 Å². The van der Waals surface area contributed by atoms with Gasteiger partial charge >= 0.3 is 0 Å². The smallest absolute Gasteiger partial charge is 0.180 e. The Morgan fingerprint density at radius 2 is 1.92 bits per heavy atom. The Kier molecular flexibility index (Phi) is 2.93. The van der Waals surface area contributed by atoms with Crippen LogP contribution in [0.3, 0.4) is 0 Å². The standard InChI is InChI=1S/C9H13NO2S/c1-2-7-13(11,12)9-6-4-3-5-8(9)10/h3-6H,2,7,10H2,1H3. The molecule has 0 heterocycles. The molecule has 0 atom stereocenters. The summed E-state index contributed by atoms with van der Waals surface area (Å²) in [4.78, 5) is 0.247. The molecule has 4 heteroatoms. The van der Waals surface area contributed by atoms with E-state index in [1.807, 2.05) is 6.92 Å². The summed E-state index contributed by atoms with van der Waals surface area (Å²) >= 11 is 0. The zero-order valence-electron chi connectivity index (χ0n) is 7.53. The van der Waals surface area contributed by atoms with E-state index in [2.05, 4.69) is 0 Å². The van der Waals surface area contributed by atoms with Crippen LogP contribution in [-0.4, -0.2) is 14.2 Å². The molecule has 0 aromatic heterocycles. The maximum absolute atomic E-state index is 11.6. The Morgan fingerprint density at radius 3 is 2.46 bits per heavy atom. The normalized spacial score (nSPS) is 11.5. The van der Waals surface area contributed by atoms with E-state index >= 15 is 0 Å². The summed E-state index contributed by atoms with van der Waals surface area (Å²) in [5, 5.41) is 0. The lowest BCUT2D eigenvalue weighted by Crippen LogP contribution is -2.08. The van der Waals surface area contributed by atoms with Crippen molar-refractivity contribution in [2.45, 2.75) is 18.2 Å². The highest BCUT2D eigenvalue weighted by atomic mass is 32.2. The molecular weight excluding hydrogens is 186 g/mol. The maximum Gasteiger partial charge on any atom is 0.180 e. The lowest BCUT2D eigenvalue weighted by atomic mass is 10.3. The highest BCUT2D eigenvalue weighted by Crippen LogP contribution is 2.18. The van der Waals surface area contributed by atoms with Crippen LogP contribution in [0.5, 0.6) is 0 Å². The summed E-state index contributed by atoms with van der Waals surface area (Å²) in [5.41, 5.74) is 5.89. The van der Waals surface area contributed by atoms with E-state index < -0.39 is 9.84 Å². The quantitative estimate of drug-likeness (QED) is 0.749. The first kappa shape index (κ1) is 10.1. The van der Waals surface area contributed by atoms with Crippen LogP contribution in [-0.2, 0) is 9.84 Å². The van der Waals surface area contributed by atoms with Gasteiger partial charge in [-0.2, -0.15) is 0 Å². The fraction of sp³-hybridized carbons (Fsp3) is 0.333. The van der Waals surface area contributed by atoms with E-state index in [-0.39, 0.29) is 10.6 Å². The predicted molar refractivity (Wildman–Crippen MR) is 53.2 cm³/mol. The Hall–Kier alpha value is -1.03. The highest BCUT2D eigenvalue weighted by Gasteiger charge is 2.15. The van der Waals surface area contributed by atoms with Gasteiger partial charge in [0.25, 0.3) is 0 Å². The average molecular weight is 199 g/mol. The molecule has 0 bridgehead atoms. The summed E-state index contributed by atoms with van der Waals surface area (Å²) in [7, 11) is -3.17. The first-order chi connectivity index (χ1) is 6.08. The van der Waals surface area contributed by atoms with Crippen LogP contribution < -0.4 is 5.73 Å². The fourth-order valence-electron chi connectivity index (χ4n) is 1.14. The minimum Gasteiger partial charge on any atom is -0.398 e. The number of sulfone groups is 1. The first-order valence-corrected chi connectivity index (χ1v) is 5.80. The number of para-hydroxylation sites is 1. The maximum atomic E-state index is 11.6. The van der Waals surface area contributed by atoms with Crippen LogP contribution >= 0.6 is 0 Å². The van der Waals surface area contributed by atoms with Crippen molar-refractivity contribution in [2.24, 2.45) is 0 Å². The third-order valence-electron chi connectivity index (χ3n) is 1.73. The van der Waals surface area contributed by atoms with Gasteiger partial charge in [0, 0.05) is 0 Å². The van der Waals surface area contributed by atoms with E-state index in [4.69, 9.17) is 5.73 Å². The van der Waals surface area contributed by atoms with E-state index in [0.717, 1.165) is 0 Å². The summed E-state index contributed by atoms with van der Waals surface area (Å²) in [6, 6.07) is 6.54. The highest BCUT2D eigenvalue weighted by molar-refractivity contribution is 7.91. The Balaban J connectivity index is 3.15. The van der Waals surface area contributed by atoms with Gasteiger partial charge in [-0.1, -0.05) is 19.1 Å². The number of nitrogens with two attached hydrogens (primary N) is 1. The second kappa shape index (κ2) is 3.79. The summed E-state index contributed by atoms with van der Waals surface area (Å²) < 4.78 is 23.1. The third kappa shape index (κ3) is 2.21. The van der Waals surface area contributed by atoms with Crippen molar-refractivity contribution < 1.29 is 8.42 Å². The van der Waals surface area contributed by atoms with Crippen molar-refractivity contribution in [3.8, 4) is 0 Å². The molecule has 3 nitrogen and oxygen atoms in total. The number of benzene rings is 1. The lowest BCUT2D eigenvalue weighted by molar-refractivity contribution is 0.595. The van der Waals surface area contributed by atoms with Gasteiger partial charge in [0.2, 0.25) is 0 Å². The van der Waals surface area contributed by atoms with Gasteiger partial charge in [-0.05, 0) is 18.6 Å². The number of hydrogen-bond donors (Lipinski definition) is 1. The van der Waals surface area contributed by atoms with Crippen molar-refractivity contribution in [2.75, 3.05) is 11.5 Å². The Bertz CT molecular complexity index is 384. The van der Waals surface area contributed by atoms with Crippen molar-refractivity contribution in [1.82, 2.24) is 0 Å². The SMILES string of the molecule is CCCS(=O)(=O)c1ccccc1N. The summed E-state index contributed by atoms with van der Waals surface area (Å²) in [6.45, 7) is 1.83. The molecule has 72 valence electrons. The van der Waals surface area contributed by atoms with E-state index in [9.17, 15) is 8.42 Å². The monoisotopic (exact) mass is 199 g/mol. The first-order valence-electron chi connectivity index (χ1n) is 4.15. The van der Waals surface area contributed by atoms with E-state index in [1.165, 1.54) is 0 Å². The molecule has 1 aromatic rings. The predicted octanol–water partition coefficient (Wildman–Crippen LogP) is 1.45. The van der Waals surface area contributed by atoms with Crippen LogP contribution in [0.1, 0.15) is 13.3 Å². The molecule has 1 aromatic carbocycles. The number of rotatable bonds is 3. The molecule has 0 unspecified atom stereocenters. The van der Waals surface area contributed by atoms with E-state index in [0.29, 0.717) is 12.1 Å². The van der Waals surface area contributed by atoms with Crippen molar-refractivity contribution >= 4 is 15.5 Å². The van der Waals surface area contributed by atoms with Crippen LogP contribution in [0.4, 0.5) is 5.69 Å². The van der Waals surface area contributed by atoms with Crippen LogP contribution in [0.2, 0.25) is 0 Å². The molecule has 13 heavy (non-hydrogen) atoms. The van der Waals surface area contributed by atoms with Gasteiger partial charge in [0.05, 0.1) is 16.3 Å². The molecule has 1 rings (SSSR count). The van der Waals surface area contributed by atoms with Gasteiger partial charge in [0.1, 0.15) is 0 Å². The zero-order valence-corrected chi connectivity index (χ0v) is 8.34. The summed E-state index contributed by atoms with van der Waals surface area (Å²) in [6.07, 6.45) is 0.608. The van der Waals surface area contributed by atoms with Crippen LogP contribution in [0, 0.1) is 0 Å². The molecule has 0 amide bonds. The second-order valence-corrected chi connectivity index (χ2v) is 4.93. The molecule has 0 saturated carbocycles. The van der Waals surface area contributed by atoms with Gasteiger partial charge < -0.3 is 5.73 Å². The Morgan fingerprint density at radius 1 is 1.31 bits per heavy atom. The number of anilines is 1. The second-order valence-electron chi connectivity index (χ2n) is 2.86. The van der Waals surface area contributed by atoms with Gasteiger partial charge in [0.15, 0.2) is 9.84 Å². The third-order valence-corrected chi connectivity index (χ3v) is 3.71. The molecule has 0 aliphatic rings. The van der Waals surface area contributed by atoms with Gasteiger partial charge in [-0.25, -0.2) is 8.42 Å². The minimum atomic E-state index is -3.17. The molecule has 0 aliphatic heterocycles. The lowest BCUT2D eigenvalue weighted by Gasteiger charge is -2.04. The molecule has 0 saturated heterocycles. The van der Waals surface area contributed by atoms with Gasteiger partial charge in [-0.15, -0.1) is 0 Å². The number of nitrogen functional groups attached to an aromatic ring is 1. The Labute approximate surface area is 78.5 Å². The molecule has 0 aliphatic carbocycles. The largest absolute Gasteiger partial charge is 0.398 e. The minimum absolute atomic E-state index is 0.154.